The monoisotopic (exact) mass is 443 g/mol. The van der Waals surface area contributed by atoms with Crippen molar-refractivity contribution in [2.45, 2.75) is 13.0 Å². The minimum absolute atomic E-state index is 0.00955. The van der Waals surface area contributed by atoms with Gasteiger partial charge in [-0.05, 0) is 42.3 Å². The molecule has 0 saturated heterocycles. The number of halogens is 1. The SMILES string of the molecule is COc1ccc([C@H]2c3c(-c4cc(Cl)c(C)cc4O)n[nH]c3C(=O)N2CCO)cc1OC. The maximum absolute atomic E-state index is 13.1. The van der Waals surface area contributed by atoms with Gasteiger partial charge in [0.1, 0.15) is 17.1 Å². The number of phenols is 1. The number of nitrogens with zero attached hydrogens (tertiary/aromatic N) is 2. The Labute approximate surface area is 184 Å². The van der Waals surface area contributed by atoms with Crippen LogP contribution in [0.3, 0.4) is 0 Å². The number of aryl methyl sites for hydroxylation is 1. The van der Waals surface area contributed by atoms with Gasteiger partial charge in [0.15, 0.2) is 11.5 Å². The molecule has 1 atom stereocenters. The largest absolute Gasteiger partial charge is 0.507 e. The Balaban J connectivity index is 1.93. The third-order valence-corrected chi connectivity index (χ3v) is 5.87. The van der Waals surface area contributed by atoms with Crippen LogP contribution < -0.4 is 9.47 Å². The van der Waals surface area contributed by atoms with Gasteiger partial charge in [-0.25, -0.2) is 0 Å². The highest BCUT2D eigenvalue weighted by Gasteiger charge is 2.42. The molecule has 3 N–H and O–H groups in total. The number of amides is 1. The standard InChI is InChI=1S/C22H22ClN3O5/c1-11-8-15(28)13(10-14(11)23)19-18-20(25-24-19)22(29)26(6-7-27)21(18)12-4-5-16(30-2)17(9-12)31-3/h4-5,8-10,21,27-28H,6-7H2,1-3H3,(H,24,25)/t21-/m0/s1. The highest BCUT2D eigenvalue weighted by atomic mass is 35.5. The molecule has 0 bridgehead atoms. The van der Waals surface area contributed by atoms with Crippen molar-refractivity contribution in [1.82, 2.24) is 15.1 Å². The molecule has 0 aliphatic carbocycles. The predicted octanol–water partition coefficient (Wildman–Crippen LogP) is 3.30. The van der Waals surface area contributed by atoms with Crippen LogP contribution in [0.25, 0.3) is 11.3 Å². The number of nitrogens with one attached hydrogen (secondary N) is 1. The first-order valence-corrected chi connectivity index (χ1v) is 10.0. The summed E-state index contributed by atoms with van der Waals surface area (Å²) in [6.45, 7) is 1.71. The van der Waals surface area contributed by atoms with E-state index in [-0.39, 0.29) is 24.8 Å². The third-order valence-electron chi connectivity index (χ3n) is 5.46. The van der Waals surface area contributed by atoms with E-state index in [0.29, 0.717) is 39.0 Å². The molecule has 1 aliphatic rings. The summed E-state index contributed by atoms with van der Waals surface area (Å²) in [5, 5.41) is 27.8. The van der Waals surface area contributed by atoms with Crippen LogP contribution in [-0.2, 0) is 0 Å². The number of methoxy groups -OCH3 is 2. The molecule has 162 valence electrons. The van der Waals surface area contributed by atoms with Crippen molar-refractivity contribution in [3.63, 3.8) is 0 Å². The zero-order valence-corrected chi connectivity index (χ0v) is 18.0. The number of β-amino-alcohol motifs (C(OH)–C–C–N with tert-alkyl or cyclic N) is 1. The average molecular weight is 444 g/mol. The van der Waals surface area contributed by atoms with E-state index in [9.17, 15) is 15.0 Å². The first kappa shape index (κ1) is 21.0. The molecule has 1 aliphatic heterocycles. The van der Waals surface area contributed by atoms with Gasteiger partial charge in [-0.15, -0.1) is 0 Å². The Hall–Kier alpha value is -3.23. The van der Waals surface area contributed by atoms with Gasteiger partial charge in [0.2, 0.25) is 0 Å². The van der Waals surface area contributed by atoms with Crippen molar-refractivity contribution >= 4 is 17.5 Å². The Morgan fingerprint density at radius 3 is 2.61 bits per heavy atom. The molecule has 1 aromatic heterocycles. The van der Waals surface area contributed by atoms with Crippen molar-refractivity contribution in [3.8, 4) is 28.5 Å². The molecule has 2 aromatic carbocycles. The summed E-state index contributed by atoms with van der Waals surface area (Å²) in [5.74, 6) is 0.784. The molecule has 0 fully saturated rings. The Kier molecular flexibility index (Phi) is 5.51. The topological polar surface area (TPSA) is 108 Å². The van der Waals surface area contributed by atoms with Gasteiger partial charge in [-0.1, -0.05) is 17.7 Å². The smallest absolute Gasteiger partial charge is 0.273 e. The van der Waals surface area contributed by atoms with Gasteiger partial charge in [0.25, 0.3) is 5.91 Å². The van der Waals surface area contributed by atoms with E-state index in [1.54, 1.807) is 43.2 Å². The fraction of sp³-hybridized carbons (Fsp3) is 0.273. The maximum Gasteiger partial charge on any atom is 0.273 e. The number of H-pyrrole nitrogens is 1. The average Bonchev–Trinajstić information content (AvgIpc) is 3.30. The van der Waals surface area contributed by atoms with Crippen LogP contribution in [0.15, 0.2) is 30.3 Å². The molecule has 4 rings (SSSR count). The molecular weight excluding hydrogens is 422 g/mol. The van der Waals surface area contributed by atoms with E-state index in [1.165, 1.54) is 7.11 Å². The zero-order chi connectivity index (χ0) is 22.3. The number of hydrogen-bond acceptors (Lipinski definition) is 6. The third kappa shape index (κ3) is 3.37. The molecule has 8 nitrogen and oxygen atoms in total. The molecule has 0 saturated carbocycles. The second-order valence-corrected chi connectivity index (χ2v) is 7.63. The Bertz CT molecular complexity index is 1160. The number of carbonyl (C=O) groups is 1. The lowest BCUT2D eigenvalue weighted by molar-refractivity contribution is 0.0706. The fourth-order valence-corrected chi connectivity index (χ4v) is 4.13. The van der Waals surface area contributed by atoms with Crippen LogP contribution in [0.1, 0.15) is 33.2 Å². The summed E-state index contributed by atoms with van der Waals surface area (Å²) in [6, 6.07) is 8.02. The zero-order valence-electron chi connectivity index (χ0n) is 17.3. The number of benzene rings is 2. The Morgan fingerprint density at radius 1 is 1.19 bits per heavy atom. The molecule has 0 spiro atoms. The Morgan fingerprint density at radius 2 is 1.94 bits per heavy atom. The number of aromatic nitrogens is 2. The highest BCUT2D eigenvalue weighted by molar-refractivity contribution is 6.31. The number of aromatic amines is 1. The summed E-state index contributed by atoms with van der Waals surface area (Å²) in [6.07, 6.45) is 0. The summed E-state index contributed by atoms with van der Waals surface area (Å²) in [4.78, 5) is 14.7. The number of aromatic hydroxyl groups is 1. The molecule has 1 amide bonds. The number of aliphatic hydroxyl groups excluding tert-OH is 1. The molecule has 0 radical (unpaired) electrons. The molecule has 3 aromatic rings. The van der Waals surface area contributed by atoms with E-state index < -0.39 is 6.04 Å². The normalized spacial score (nSPS) is 15.3. The minimum Gasteiger partial charge on any atom is -0.507 e. The number of aliphatic hydroxyl groups is 1. The quantitative estimate of drug-likeness (QED) is 0.539. The van der Waals surface area contributed by atoms with Gasteiger partial charge in [0.05, 0.1) is 26.9 Å². The van der Waals surface area contributed by atoms with Crippen molar-refractivity contribution in [2.24, 2.45) is 0 Å². The first-order chi connectivity index (χ1) is 14.9. The van der Waals surface area contributed by atoms with E-state index in [2.05, 4.69) is 10.2 Å². The van der Waals surface area contributed by atoms with Crippen LogP contribution in [0.5, 0.6) is 17.2 Å². The van der Waals surface area contributed by atoms with Crippen molar-refractivity contribution in [3.05, 3.63) is 57.7 Å². The molecule has 0 unspecified atom stereocenters. The summed E-state index contributed by atoms with van der Waals surface area (Å²) in [5.41, 5.74) is 3.21. The summed E-state index contributed by atoms with van der Waals surface area (Å²) >= 11 is 6.30. The predicted molar refractivity (Wildman–Crippen MR) is 115 cm³/mol. The number of rotatable bonds is 6. The van der Waals surface area contributed by atoms with Crippen LogP contribution >= 0.6 is 11.6 Å². The lowest BCUT2D eigenvalue weighted by Gasteiger charge is -2.26. The molecule has 2 heterocycles. The second kappa shape index (κ2) is 8.13. The highest BCUT2D eigenvalue weighted by Crippen LogP contribution is 2.46. The van der Waals surface area contributed by atoms with Crippen LogP contribution in [0.2, 0.25) is 5.02 Å². The van der Waals surface area contributed by atoms with Crippen molar-refractivity contribution in [2.75, 3.05) is 27.4 Å². The summed E-state index contributed by atoms with van der Waals surface area (Å²) < 4.78 is 10.8. The summed E-state index contributed by atoms with van der Waals surface area (Å²) in [7, 11) is 3.08. The van der Waals surface area contributed by atoms with Gasteiger partial charge < -0.3 is 24.6 Å². The van der Waals surface area contributed by atoms with Crippen LogP contribution in [0.4, 0.5) is 0 Å². The maximum atomic E-state index is 13.1. The molecule has 9 heteroatoms. The number of hydrogen-bond donors (Lipinski definition) is 3. The van der Waals surface area contributed by atoms with E-state index in [4.69, 9.17) is 21.1 Å². The van der Waals surface area contributed by atoms with Crippen LogP contribution in [-0.4, -0.2) is 58.6 Å². The lowest BCUT2D eigenvalue weighted by atomic mass is 9.95. The number of carbonyl (C=O) groups excluding carboxylic acids is 1. The lowest BCUT2D eigenvalue weighted by Crippen LogP contribution is -2.32. The molecule has 31 heavy (non-hydrogen) atoms. The number of fused-ring (bicyclic) bond motifs is 1. The molecular formula is C22H22ClN3O5. The van der Waals surface area contributed by atoms with E-state index in [1.807, 2.05) is 6.07 Å². The fourth-order valence-electron chi connectivity index (χ4n) is 3.97. The van der Waals surface area contributed by atoms with Crippen LogP contribution in [0, 0.1) is 6.92 Å². The van der Waals surface area contributed by atoms with Gasteiger partial charge in [-0.3, -0.25) is 9.89 Å². The van der Waals surface area contributed by atoms with E-state index >= 15 is 0 Å². The minimum atomic E-state index is -0.553. The van der Waals surface area contributed by atoms with Gasteiger partial charge in [0, 0.05) is 22.7 Å². The second-order valence-electron chi connectivity index (χ2n) is 7.22. The van der Waals surface area contributed by atoms with E-state index in [0.717, 1.165) is 11.1 Å². The van der Waals surface area contributed by atoms with Crippen molar-refractivity contribution in [1.29, 1.82) is 0 Å². The first-order valence-electron chi connectivity index (χ1n) is 9.62. The number of ether oxygens (including phenoxy) is 2. The van der Waals surface area contributed by atoms with Gasteiger partial charge >= 0.3 is 0 Å². The van der Waals surface area contributed by atoms with Crippen molar-refractivity contribution < 1.29 is 24.5 Å². The number of phenolic OH excluding ortho intramolecular Hbond substituents is 1. The van der Waals surface area contributed by atoms with Gasteiger partial charge in [-0.2, -0.15) is 5.10 Å².